The number of hydrogen-bond acceptors (Lipinski definition) is 0. The highest BCUT2D eigenvalue weighted by molar-refractivity contribution is 5.02. The molecular weight excluding hydrogens is 79.1 g/mol. The number of hydrogen-bond donors (Lipinski definition) is 0. The van der Waals surface area contributed by atoms with Crippen molar-refractivity contribution in [2.45, 2.75) is 0 Å². The zero-order chi connectivity index (χ0) is 4.41. The predicted octanol–water partition coefficient (Wildman–Crippen LogP) is 1.54. The van der Waals surface area contributed by atoms with Gasteiger partial charge in [-0.25, -0.2) is 10.5 Å². The summed E-state index contributed by atoms with van der Waals surface area (Å²) in [7, 11) is 0. The summed E-state index contributed by atoms with van der Waals surface area (Å²) >= 11 is 0. The van der Waals surface area contributed by atoms with Gasteiger partial charge in [-0.2, -0.15) is 12.1 Å². The molecular formula is C5H4F-. The molecule has 0 aliphatic carbocycles. The van der Waals surface area contributed by atoms with Gasteiger partial charge in [0, 0.05) is 5.82 Å². The maximum atomic E-state index is 11.7. The van der Waals surface area contributed by atoms with Gasteiger partial charge in [0.1, 0.15) is 0 Å². The molecule has 0 N–H and O–H groups in total. The van der Waals surface area contributed by atoms with Crippen molar-refractivity contribution in [3.63, 3.8) is 0 Å². The molecule has 0 unspecified atom stereocenters. The summed E-state index contributed by atoms with van der Waals surface area (Å²) in [6.07, 6.45) is 0. The molecule has 0 aliphatic rings. The molecule has 0 heterocycles. The molecule has 0 nitrogen and oxygen atoms in total. The van der Waals surface area contributed by atoms with Gasteiger partial charge in [-0.05, 0) is 0 Å². The van der Waals surface area contributed by atoms with Crippen molar-refractivity contribution in [3.8, 4) is 0 Å². The third-order valence-electron chi connectivity index (χ3n) is 0.622. The SMILES string of the molecule is Fc1ccc[cH-]1. The van der Waals surface area contributed by atoms with Gasteiger partial charge in [0.2, 0.25) is 0 Å². The van der Waals surface area contributed by atoms with Gasteiger partial charge in [0.05, 0.1) is 0 Å². The molecule has 32 valence electrons. The van der Waals surface area contributed by atoms with Crippen molar-refractivity contribution in [2.24, 2.45) is 0 Å². The van der Waals surface area contributed by atoms with E-state index >= 15 is 0 Å². The fraction of sp³-hybridized carbons (Fsp3) is 0. The Hall–Kier alpha value is -0.720. The van der Waals surface area contributed by atoms with Gasteiger partial charge < -0.3 is 0 Å². The minimum Gasteiger partial charge on any atom is -0.237 e. The first-order chi connectivity index (χ1) is 2.89. The van der Waals surface area contributed by atoms with Crippen LogP contribution in [0.1, 0.15) is 0 Å². The van der Waals surface area contributed by atoms with Crippen LogP contribution in [-0.4, -0.2) is 0 Å². The molecule has 0 fully saturated rings. The Balaban J connectivity index is 3.05. The highest BCUT2D eigenvalue weighted by Gasteiger charge is 1.66. The van der Waals surface area contributed by atoms with Crippen LogP contribution in [0.4, 0.5) is 4.39 Å². The Morgan fingerprint density at radius 2 is 2.50 bits per heavy atom. The second-order valence-electron chi connectivity index (χ2n) is 1.10. The van der Waals surface area contributed by atoms with Crippen LogP contribution in [-0.2, 0) is 0 Å². The lowest BCUT2D eigenvalue weighted by atomic mass is 10.6. The van der Waals surface area contributed by atoms with E-state index in [2.05, 4.69) is 0 Å². The molecule has 0 amide bonds. The Labute approximate surface area is 35.6 Å². The Kier molecular flexibility index (Phi) is 0.675. The highest BCUT2D eigenvalue weighted by atomic mass is 19.1. The standard InChI is InChI=1S/C5H4F/c6-5-3-1-2-4-5/h1-4H/q-1. The van der Waals surface area contributed by atoms with Gasteiger partial charge in [-0.15, -0.1) is 6.07 Å². The Morgan fingerprint density at radius 1 is 1.67 bits per heavy atom. The molecule has 0 atom stereocenters. The quantitative estimate of drug-likeness (QED) is 0.417. The summed E-state index contributed by atoms with van der Waals surface area (Å²) in [5.74, 6) is -0.157. The second kappa shape index (κ2) is 1.17. The monoisotopic (exact) mass is 83.0 g/mol. The summed E-state index contributed by atoms with van der Waals surface area (Å²) in [4.78, 5) is 0. The summed E-state index contributed by atoms with van der Waals surface area (Å²) in [6.45, 7) is 0. The first-order valence-corrected chi connectivity index (χ1v) is 1.77. The fourth-order valence-electron chi connectivity index (χ4n) is 0.351. The van der Waals surface area contributed by atoms with Crippen LogP contribution >= 0.6 is 0 Å². The van der Waals surface area contributed by atoms with Gasteiger partial charge in [-0.3, -0.25) is 0 Å². The minimum absolute atomic E-state index is 0.157. The van der Waals surface area contributed by atoms with E-state index in [1.807, 2.05) is 0 Å². The van der Waals surface area contributed by atoms with E-state index in [4.69, 9.17) is 0 Å². The second-order valence-corrected chi connectivity index (χ2v) is 1.10. The average molecular weight is 83.1 g/mol. The van der Waals surface area contributed by atoms with E-state index in [0.717, 1.165) is 0 Å². The smallest absolute Gasteiger partial charge is 0.00435 e. The number of halogens is 1. The molecule has 1 rings (SSSR count). The summed E-state index contributed by atoms with van der Waals surface area (Å²) in [5.41, 5.74) is 0. The van der Waals surface area contributed by atoms with Gasteiger partial charge in [0.25, 0.3) is 0 Å². The summed E-state index contributed by atoms with van der Waals surface area (Å²) in [5, 5.41) is 0. The molecule has 0 aromatic heterocycles. The van der Waals surface area contributed by atoms with Crippen LogP contribution in [0.15, 0.2) is 24.3 Å². The van der Waals surface area contributed by atoms with Crippen LogP contribution in [0.25, 0.3) is 0 Å². The first kappa shape index (κ1) is 3.47. The van der Waals surface area contributed by atoms with Crippen LogP contribution in [0.2, 0.25) is 0 Å². The zero-order valence-corrected chi connectivity index (χ0v) is 3.19. The summed E-state index contributed by atoms with van der Waals surface area (Å²) < 4.78 is 11.7. The summed E-state index contributed by atoms with van der Waals surface area (Å²) in [6, 6.07) is 6.16. The molecule has 1 heteroatoms. The molecule has 1 aromatic carbocycles. The Bertz CT molecular complexity index is 107. The van der Waals surface area contributed by atoms with E-state index in [1.165, 1.54) is 12.1 Å². The first-order valence-electron chi connectivity index (χ1n) is 1.77. The molecule has 1 aromatic rings. The topological polar surface area (TPSA) is 0 Å². The maximum absolute atomic E-state index is 11.7. The molecule has 0 saturated heterocycles. The van der Waals surface area contributed by atoms with Crippen LogP contribution in [0.3, 0.4) is 0 Å². The van der Waals surface area contributed by atoms with Gasteiger partial charge in [0.15, 0.2) is 0 Å². The van der Waals surface area contributed by atoms with Crippen LogP contribution in [0.5, 0.6) is 0 Å². The van der Waals surface area contributed by atoms with Crippen molar-refractivity contribution in [1.82, 2.24) is 0 Å². The Morgan fingerprint density at radius 3 is 2.67 bits per heavy atom. The molecule has 0 saturated carbocycles. The third-order valence-corrected chi connectivity index (χ3v) is 0.622. The van der Waals surface area contributed by atoms with E-state index in [0.29, 0.717) is 0 Å². The van der Waals surface area contributed by atoms with Crippen molar-refractivity contribution >= 4 is 0 Å². The predicted molar refractivity (Wildman–Crippen MR) is 22.0 cm³/mol. The van der Waals surface area contributed by atoms with Gasteiger partial charge >= 0.3 is 0 Å². The third kappa shape index (κ3) is 0.432. The fourth-order valence-corrected chi connectivity index (χ4v) is 0.351. The lowest BCUT2D eigenvalue weighted by molar-refractivity contribution is 0.632. The van der Waals surface area contributed by atoms with E-state index in [1.54, 1.807) is 12.1 Å². The van der Waals surface area contributed by atoms with E-state index in [-0.39, 0.29) is 5.82 Å². The maximum Gasteiger partial charge on any atom is 0.00435 e. The molecule has 0 aliphatic heterocycles. The van der Waals surface area contributed by atoms with Crippen molar-refractivity contribution in [1.29, 1.82) is 0 Å². The molecule has 6 heavy (non-hydrogen) atoms. The molecule has 0 bridgehead atoms. The van der Waals surface area contributed by atoms with Crippen molar-refractivity contribution < 1.29 is 4.39 Å². The van der Waals surface area contributed by atoms with E-state index in [9.17, 15) is 4.39 Å². The van der Waals surface area contributed by atoms with Gasteiger partial charge in [-0.1, -0.05) is 0 Å². The van der Waals surface area contributed by atoms with Crippen molar-refractivity contribution in [2.75, 3.05) is 0 Å². The molecule has 0 radical (unpaired) electrons. The normalized spacial score (nSPS) is 8.83. The van der Waals surface area contributed by atoms with Crippen LogP contribution < -0.4 is 0 Å². The largest absolute Gasteiger partial charge is 0.237 e. The number of rotatable bonds is 0. The lowest BCUT2D eigenvalue weighted by Gasteiger charge is -1.72. The lowest BCUT2D eigenvalue weighted by Crippen LogP contribution is -1.49. The van der Waals surface area contributed by atoms with E-state index < -0.39 is 0 Å². The minimum atomic E-state index is -0.157. The molecule has 0 spiro atoms. The van der Waals surface area contributed by atoms with Crippen LogP contribution in [0, 0.1) is 5.82 Å². The van der Waals surface area contributed by atoms with Crippen molar-refractivity contribution in [3.05, 3.63) is 30.1 Å². The highest BCUT2D eigenvalue weighted by Crippen LogP contribution is 1.93. The zero-order valence-electron chi connectivity index (χ0n) is 3.19. The average Bonchev–Trinajstić information content (AvgIpc) is 1.86.